The Morgan fingerprint density at radius 1 is 1.42 bits per heavy atom. The molecule has 0 radical (unpaired) electrons. The molecule has 108 valence electrons. The molecule has 0 bridgehead atoms. The van der Waals surface area contributed by atoms with Crippen LogP contribution in [0.3, 0.4) is 0 Å². The van der Waals surface area contributed by atoms with Crippen molar-refractivity contribution < 1.29 is 0 Å². The van der Waals surface area contributed by atoms with Crippen molar-refractivity contribution in [2.24, 2.45) is 5.92 Å². The maximum Gasteiger partial charge on any atom is 0.114 e. The highest BCUT2D eigenvalue weighted by Crippen LogP contribution is 2.47. The molecule has 0 amide bonds. The molecule has 1 fully saturated rings. The van der Waals surface area contributed by atoms with Crippen LogP contribution >= 0.6 is 11.3 Å². The summed E-state index contributed by atoms with van der Waals surface area (Å²) in [6.07, 6.45) is 6.23. The smallest absolute Gasteiger partial charge is 0.114 e. The van der Waals surface area contributed by atoms with Gasteiger partial charge in [0.1, 0.15) is 5.01 Å². The fourth-order valence-electron chi connectivity index (χ4n) is 3.63. The van der Waals surface area contributed by atoms with E-state index in [1.165, 1.54) is 41.3 Å². The van der Waals surface area contributed by atoms with Crippen LogP contribution in [0.4, 0.5) is 0 Å². The van der Waals surface area contributed by atoms with E-state index in [1.54, 1.807) is 0 Å². The first kappa shape index (κ1) is 15.0. The lowest BCUT2D eigenvalue weighted by atomic mass is 9.85. The summed E-state index contributed by atoms with van der Waals surface area (Å²) in [4.78, 5) is 6.40. The van der Waals surface area contributed by atoms with Gasteiger partial charge < -0.3 is 5.32 Å². The van der Waals surface area contributed by atoms with E-state index in [2.05, 4.69) is 39.9 Å². The Morgan fingerprint density at radius 3 is 2.68 bits per heavy atom. The van der Waals surface area contributed by atoms with Gasteiger partial charge in [-0.25, -0.2) is 4.98 Å². The van der Waals surface area contributed by atoms with Crippen LogP contribution in [0.25, 0.3) is 0 Å². The van der Waals surface area contributed by atoms with E-state index in [1.807, 2.05) is 11.3 Å². The average Bonchev–Trinajstić information content (AvgIpc) is 2.92. The Bertz CT molecular complexity index is 424. The zero-order valence-electron chi connectivity index (χ0n) is 13.0. The number of hydrogen-bond acceptors (Lipinski definition) is 3. The lowest BCUT2D eigenvalue weighted by Gasteiger charge is -2.36. The predicted molar refractivity (Wildman–Crippen MR) is 83.8 cm³/mol. The third-order valence-corrected chi connectivity index (χ3v) is 5.66. The van der Waals surface area contributed by atoms with Gasteiger partial charge in [0.15, 0.2) is 0 Å². The largest absolute Gasteiger partial charge is 0.303 e. The summed E-state index contributed by atoms with van der Waals surface area (Å²) in [5.74, 6) is 0.741. The highest BCUT2D eigenvalue weighted by Gasteiger charge is 2.45. The monoisotopic (exact) mass is 280 g/mol. The number of aromatic nitrogens is 1. The molecule has 1 aromatic heterocycles. The molecule has 19 heavy (non-hydrogen) atoms. The second-order valence-corrected chi connectivity index (χ2v) is 7.35. The van der Waals surface area contributed by atoms with Gasteiger partial charge in [0.25, 0.3) is 0 Å². The van der Waals surface area contributed by atoms with Gasteiger partial charge in [0.05, 0.1) is 11.2 Å². The number of hydrogen-bond donors (Lipinski definition) is 1. The molecule has 1 aliphatic rings. The third-order valence-electron chi connectivity index (χ3n) is 4.47. The minimum atomic E-state index is 0.145. The molecule has 0 aliphatic heterocycles. The Kier molecular flexibility index (Phi) is 4.67. The molecule has 0 saturated heterocycles. The van der Waals surface area contributed by atoms with E-state index in [0.717, 1.165) is 12.3 Å². The summed E-state index contributed by atoms with van der Waals surface area (Å²) in [6, 6.07) is 0.515. The van der Waals surface area contributed by atoms with Crippen molar-refractivity contribution in [3.05, 3.63) is 15.6 Å². The fourth-order valence-corrected chi connectivity index (χ4v) is 4.89. The van der Waals surface area contributed by atoms with Crippen molar-refractivity contribution in [3.8, 4) is 0 Å². The maximum absolute atomic E-state index is 4.99. The standard InChI is InChI=1S/C16H28N2S/c1-6-13-9-8-10-16(13,18-11(3)4)15-17-14(7-2)12(5)19-15/h11,13,18H,6-10H2,1-5H3. The molecule has 1 N–H and O–H groups in total. The topological polar surface area (TPSA) is 24.9 Å². The van der Waals surface area contributed by atoms with Crippen LogP contribution < -0.4 is 5.32 Å². The van der Waals surface area contributed by atoms with Gasteiger partial charge in [0.2, 0.25) is 0 Å². The Morgan fingerprint density at radius 2 is 2.16 bits per heavy atom. The van der Waals surface area contributed by atoms with Crippen molar-refractivity contribution in [3.63, 3.8) is 0 Å². The van der Waals surface area contributed by atoms with Gasteiger partial charge in [-0.2, -0.15) is 0 Å². The van der Waals surface area contributed by atoms with Crippen LogP contribution in [-0.2, 0) is 12.0 Å². The molecule has 1 aromatic rings. The maximum atomic E-state index is 4.99. The van der Waals surface area contributed by atoms with Gasteiger partial charge in [-0.3, -0.25) is 0 Å². The van der Waals surface area contributed by atoms with E-state index in [9.17, 15) is 0 Å². The van der Waals surface area contributed by atoms with E-state index in [-0.39, 0.29) is 5.54 Å². The van der Waals surface area contributed by atoms with E-state index >= 15 is 0 Å². The lowest BCUT2D eigenvalue weighted by molar-refractivity contribution is 0.221. The van der Waals surface area contributed by atoms with Crippen LogP contribution in [0.5, 0.6) is 0 Å². The fraction of sp³-hybridized carbons (Fsp3) is 0.812. The number of thiazole rings is 1. The van der Waals surface area contributed by atoms with Gasteiger partial charge in [-0.05, 0) is 46.0 Å². The third kappa shape index (κ3) is 2.73. The van der Waals surface area contributed by atoms with Gasteiger partial charge in [-0.15, -0.1) is 11.3 Å². The number of nitrogens with one attached hydrogen (secondary N) is 1. The molecular formula is C16H28N2S. The second kappa shape index (κ2) is 5.92. The molecule has 3 heteroatoms. The van der Waals surface area contributed by atoms with Crippen molar-refractivity contribution in [2.45, 2.75) is 78.3 Å². The van der Waals surface area contributed by atoms with E-state index in [4.69, 9.17) is 4.98 Å². The highest BCUT2D eigenvalue weighted by atomic mass is 32.1. The summed E-state index contributed by atoms with van der Waals surface area (Å²) in [6.45, 7) is 11.3. The average molecular weight is 280 g/mol. The summed E-state index contributed by atoms with van der Waals surface area (Å²) in [5, 5.41) is 5.23. The molecule has 1 aliphatic carbocycles. The zero-order valence-corrected chi connectivity index (χ0v) is 13.9. The number of nitrogens with zero attached hydrogens (tertiary/aromatic N) is 1. The highest BCUT2D eigenvalue weighted by molar-refractivity contribution is 7.11. The first-order valence-electron chi connectivity index (χ1n) is 7.78. The summed E-state index contributed by atoms with van der Waals surface area (Å²) in [7, 11) is 0. The summed E-state index contributed by atoms with van der Waals surface area (Å²) in [5.41, 5.74) is 1.44. The van der Waals surface area contributed by atoms with E-state index in [0.29, 0.717) is 6.04 Å². The quantitative estimate of drug-likeness (QED) is 0.863. The van der Waals surface area contributed by atoms with Crippen LogP contribution in [-0.4, -0.2) is 11.0 Å². The van der Waals surface area contributed by atoms with Crippen LogP contribution in [0.2, 0.25) is 0 Å². The van der Waals surface area contributed by atoms with Crippen molar-refractivity contribution >= 4 is 11.3 Å². The Hall–Kier alpha value is -0.410. The van der Waals surface area contributed by atoms with Crippen LogP contribution in [0, 0.1) is 12.8 Å². The number of aryl methyl sites for hydroxylation is 2. The van der Waals surface area contributed by atoms with Crippen molar-refractivity contribution in [1.29, 1.82) is 0 Å². The lowest BCUT2D eigenvalue weighted by Crippen LogP contribution is -2.48. The van der Waals surface area contributed by atoms with E-state index < -0.39 is 0 Å². The minimum Gasteiger partial charge on any atom is -0.303 e. The normalized spacial score (nSPS) is 27.4. The van der Waals surface area contributed by atoms with Gasteiger partial charge in [0, 0.05) is 10.9 Å². The first-order valence-corrected chi connectivity index (χ1v) is 8.59. The minimum absolute atomic E-state index is 0.145. The molecular weight excluding hydrogens is 252 g/mol. The van der Waals surface area contributed by atoms with Crippen molar-refractivity contribution in [2.75, 3.05) is 0 Å². The molecule has 0 aromatic carbocycles. The molecule has 2 rings (SSSR count). The SMILES string of the molecule is CCc1nc(C2(NC(C)C)CCCC2CC)sc1C. The zero-order chi connectivity index (χ0) is 14.0. The van der Waals surface area contributed by atoms with Crippen LogP contribution in [0.15, 0.2) is 0 Å². The first-order chi connectivity index (χ1) is 9.03. The van der Waals surface area contributed by atoms with Gasteiger partial charge >= 0.3 is 0 Å². The molecule has 2 atom stereocenters. The molecule has 1 saturated carbocycles. The van der Waals surface area contributed by atoms with Crippen molar-refractivity contribution in [1.82, 2.24) is 10.3 Å². The summed E-state index contributed by atoms with van der Waals surface area (Å²) >= 11 is 1.92. The van der Waals surface area contributed by atoms with Crippen LogP contribution in [0.1, 0.15) is 69.0 Å². The predicted octanol–water partition coefficient (Wildman–Crippen LogP) is 4.42. The second-order valence-electron chi connectivity index (χ2n) is 6.14. The van der Waals surface area contributed by atoms with Gasteiger partial charge in [-0.1, -0.05) is 26.7 Å². The summed E-state index contributed by atoms with van der Waals surface area (Å²) < 4.78 is 0. The molecule has 2 unspecified atom stereocenters. The molecule has 0 spiro atoms. The Labute approximate surface area is 122 Å². The molecule has 1 heterocycles. The Balaban J connectivity index is 2.41. The molecule has 2 nitrogen and oxygen atoms in total. The number of rotatable bonds is 5.